The van der Waals surface area contributed by atoms with Crippen molar-refractivity contribution in [3.05, 3.63) is 0 Å². The number of hydrogen-bond acceptors (Lipinski definition) is 3. The van der Waals surface area contributed by atoms with E-state index in [1.165, 1.54) is 0 Å². The minimum absolute atomic E-state index is 0.0150. The molecule has 0 unspecified atom stereocenters. The lowest BCUT2D eigenvalue weighted by Gasteiger charge is -2.20. The third-order valence-corrected chi connectivity index (χ3v) is 2.59. The number of hydrogen-bond donors (Lipinski definition) is 2. The van der Waals surface area contributed by atoms with Crippen LogP contribution in [0.1, 0.15) is 12.8 Å². The molecule has 10 heavy (non-hydrogen) atoms. The van der Waals surface area contributed by atoms with Gasteiger partial charge in [0, 0.05) is 5.92 Å². The molecule has 2 rings (SSSR count). The van der Waals surface area contributed by atoms with Crippen LogP contribution < -0.4 is 0 Å². The Hall–Kier alpha value is -0.120. The zero-order valence-electron chi connectivity index (χ0n) is 5.73. The molecule has 3 heteroatoms. The summed E-state index contributed by atoms with van der Waals surface area (Å²) < 4.78 is 5.38. The number of rotatable bonds is 1. The molecule has 0 aromatic carbocycles. The second-order valence-corrected chi connectivity index (χ2v) is 3.13. The molecule has 2 heterocycles. The van der Waals surface area contributed by atoms with E-state index in [2.05, 4.69) is 0 Å². The number of ether oxygens (including phenoxy) is 1. The molecular formula is C7H12O3. The molecular weight excluding hydrogens is 132 g/mol. The molecule has 58 valence electrons. The normalized spacial score (nSPS) is 52.2. The fraction of sp³-hybridized carbons (Fsp3) is 1.00. The number of aliphatic hydroxyl groups is 2. The third-order valence-electron chi connectivity index (χ3n) is 2.59. The summed E-state index contributed by atoms with van der Waals surface area (Å²) in [6.45, 7) is 0.0579. The molecule has 0 radical (unpaired) electrons. The Bertz CT molecular complexity index is 135. The van der Waals surface area contributed by atoms with Gasteiger partial charge in [0.1, 0.15) is 0 Å². The summed E-state index contributed by atoms with van der Waals surface area (Å²) >= 11 is 0. The van der Waals surface area contributed by atoms with E-state index in [9.17, 15) is 5.11 Å². The molecule has 0 aliphatic carbocycles. The highest BCUT2D eigenvalue weighted by atomic mass is 16.5. The van der Waals surface area contributed by atoms with Crippen LogP contribution in [0, 0.1) is 5.92 Å². The first-order valence-corrected chi connectivity index (χ1v) is 3.77. The fourth-order valence-electron chi connectivity index (χ4n) is 1.98. The van der Waals surface area contributed by atoms with Crippen LogP contribution in [0.3, 0.4) is 0 Å². The van der Waals surface area contributed by atoms with Crippen molar-refractivity contribution in [1.29, 1.82) is 0 Å². The first-order chi connectivity index (χ1) is 4.83. The van der Waals surface area contributed by atoms with E-state index in [1.54, 1.807) is 0 Å². The molecule has 0 spiro atoms. The molecule has 2 bridgehead atoms. The van der Waals surface area contributed by atoms with Gasteiger partial charge in [0.05, 0.1) is 24.9 Å². The van der Waals surface area contributed by atoms with Gasteiger partial charge in [-0.25, -0.2) is 0 Å². The molecule has 2 fully saturated rings. The molecule has 0 saturated carbocycles. The maximum atomic E-state index is 9.39. The van der Waals surface area contributed by atoms with Crippen LogP contribution in [-0.4, -0.2) is 35.1 Å². The maximum Gasteiger partial charge on any atom is 0.0876 e. The van der Waals surface area contributed by atoms with E-state index in [0.29, 0.717) is 0 Å². The standard InChI is InChI=1S/C7H12O3/c8-3-4-5-1-2-6(10-5)7(4)9/h4-9H,1-3H2/t4-,5+,6-,7-/m1/s1. The lowest BCUT2D eigenvalue weighted by Crippen LogP contribution is -2.34. The Morgan fingerprint density at radius 3 is 2.40 bits per heavy atom. The Balaban J connectivity index is 2.10. The fourth-order valence-corrected chi connectivity index (χ4v) is 1.98. The third kappa shape index (κ3) is 0.713. The summed E-state index contributed by atoms with van der Waals surface area (Å²) in [5.74, 6) is -0.0150. The topological polar surface area (TPSA) is 49.7 Å². The first kappa shape index (κ1) is 6.58. The van der Waals surface area contributed by atoms with Crippen molar-refractivity contribution in [2.45, 2.75) is 31.2 Å². The molecule has 2 aliphatic heterocycles. The molecule has 0 amide bonds. The summed E-state index contributed by atoms with van der Waals surface area (Å²) in [7, 11) is 0. The number of fused-ring (bicyclic) bond motifs is 2. The first-order valence-electron chi connectivity index (χ1n) is 3.77. The quantitative estimate of drug-likeness (QED) is 0.522. The minimum atomic E-state index is -0.413. The zero-order valence-corrected chi connectivity index (χ0v) is 5.73. The molecule has 3 nitrogen and oxygen atoms in total. The summed E-state index contributed by atoms with van der Waals surface area (Å²) in [4.78, 5) is 0. The van der Waals surface area contributed by atoms with Crippen LogP contribution in [0.4, 0.5) is 0 Å². The van der Waals surface area contributed by atoms with E-state index in [1.807, 2.05) is 0 Å². The van der Waals surface area contributed by atoms with E-state index < -0.39 is 6.10 Å². The van der Waals surface area contributed by atoms with Gasteiger partial charge in [0.25, 0.3) is 0 Å². The molecule has 0 aromatic heterocycles. The highest BCUT2D eigenvalue weighted by Gasteiger charge is 2.47. The highest BCUT2D eigenvalue weighted by molar-refractivity contribution is 4.95. The van der Waals surface area contributed by atoms with Crippen molar-refractivity contribution < 1.29 is 14.9 Å². The second-order valence-electron chi connectivity index (χ2n) is 3.13. The Labute approximate surface area is 59.6 Å². The summed E-state index contributed by atoms with van der Waals surface area (Å²) in [6, 6.07) is 0. The van der Waals surface area contributed by atoms with Gasteiger partial charge in [0.15, 0.2) is 0 Å². The molecule has 4 atom stereocenters. The van der Waals surface area contributed by atoms with E-state index in [0.717, 1.165) is 12.8 Å². The number of aliphatic hydroxyl groups excluding tert-OH is 2. The van der Waals surface area contributed by atoms with Gasteiger partial charge in [-0.1, -0.05) is 0 Å². The predicted molar refractivity (Wildman–Crippen MR) is 34.5 cm³/mol. The summed E-state index contributed by atoms with van der Waals surface area (Å²) in [5, 5.41) is 18.2. The van der Waals surface area contributed by atoms with Crippen LogP contribution in [0.5, 0.6) is 0 Å². The van der Waals surface area contributed by atoms with Gasteiger partial charge in [0.2, 0.25) is 0 Å². The van der Waals surface area contributed by atoms with Crippen molar-refractivity contribution in [2.75, 3.05) is 6.61 Å². The van der Waals surface area contributed by atoms with Crippen LogP contribution in [0.25, 0.3) is 0 Å². The second kappa shape index (κ2) is 2.19. The van der Waals surface area contributed by atoms with Crippen molar-refractivity contribution in [3.63, 3.8) is 0 Å². The smallest absolute Gasteiger partial charge is 0.0876 e. The Morgan fingerprint density at radius 2 is 2.00 bits per heavy atom. The van der Waals surface area contributed by atoms with E-state index in [-0.39, 0.29) is 24.7 Å². The summed E-state index contributed by atoms with van der Waals surface area (Å²) in [6.07, 6.45) is 1.70. The minimum Gasteiger partial charge on any atom is -0.396 e. The van der Waals surface area contributed by atoms with Crippen LogP contribution in [0.2, 0.25) is 0 Å². The molecule has 2 saturated heterocycles. The molecule has 2 N–H and O–H groups in total. The summed E-state index contributed by atoms with van der Waals surface area (Å²) in [5.41, 5.74) is 0. The monoisotopic (exact) mass is 144 g/mol. The average Bonchev–Trinajstić information content (AvgIpc) is 2.46. The zero-order chi connectivity index (χ0) is 7.14. The average molecular weight is 144 g/mol. The van der Waals surface area contributed by atoms with Gasteiger partial charge < -0.3 is 14.9 Å². The van der Waals surface area contributed by atoms with Gasteiger partial charge in [-0.05, 0) is 12.8 Å². The lowest BCUT2D eigenvalue weighted by atomic mass is 9.87. The lowest BCUT2D eigenvalue weighted by molar-refractivity contribution is 0.0452. The molecule has 2 aliphatic rings. The van der Waals surface area contributed by atoms with Gasteiger partial charge in [-0.15, -0.1) is 0 Å². The largest absolute Gasteiger partial charge is 0.396 e. The maximum absolute atomic E-state index is 9.39. The van der Waals surface area contributed by atoms with Crippen molar-refractivity contribution in [3.8, 4) is 0 Å². The molecule has 0 aromatic rings. The SMILES string of the molecule is OC[C@H]1[C@@H](O)[C@H]2CC[C@@H]1O2. The van der Waals surface area contributed by atoms with E-state index in [4.69, 9.17) is 9.84 Å². The van der Waals surface area contributed by atoms with Crippen molar-refractivity contribution in [1.82, 2.24) is 0 Å². The van der Waals surface area contributed by atoms with Crippen molar-refractivity contribution in [2.24, 2.45) is 5.92 Å². The highest BCUT2D eigenvalue weighted by Crippen LogP contribution is 2.38. The van der Waals surface area contributed by atoms with Gasteiger partial charge >= 0.3 is 0 Å². The van der Waals surface area contributed by atoms with Crippen LogP contribution in [0.15, 0.2) is 0 Å². The van der Waals surface area contributed by atoms with Gasteiger partial charge in [-0.2, -0.15) is 0 Å². The van der Waals surface area contributed by atoms with E-state index >= 15 is 0 Å². The van der Waals surface area contributed by atoms with Crippen LogP contribution in [-0.2, 0) is 4.74 Å². The predicted octanol–water partition coefficient (Wildman–Crippen LogP) is -0.483. The van der Waals surface area contributed by atoms with Gasteiger partial charge in [-0.3, -0.25) is 0 Å². The van der Waals surface area contributed by atoms with Crippen LogP contribution >= 0.6 is 0 Å². The Morgan fingerprint density at radius 1 is 1.30 bits per heavy atom. The van der Waals surface area contributed by atoms with Crippen molar-refractivity contribution >= 4 is 0 Å². The Kier molecular flexibility index (Phi) is 1.44.